The molecule has 10 aromatic rings. The van der Waals surface area contributed by atoms with Gasteiger partial charge in [-0.25, -0.2) is 0 Å². The molecular formula is C52H35N. The van der Waals surface area contributed by atoms with Crippen LogP contribution in [0.2, 0.25) is 0 Å². The Kier molecular flexibility index (Phi) is 7.55. The Labute approximate surface area is 309 Å². The summed E-state index contributed by atoms with van der Waals surface area (Å²) < 4.78 is 0. The van der Waals surface area contributed by atoms with Gasteiger partial charge in [0.05, 0.1) is 5.69 Å². The van der Waals surface area contributed by atoms with Crippen molar-refractivity contribution in [1.29, 1.82) is 0 Å². The first kappa shape index (κ1) is 30.8. The van der Waals surface area contributed by atoms with Crippen molar-refractivity contribution in [1.82, 2.24) is 0 Å². The van der Waals surface area contributed by atoms with Crippen molar-refractivity contribution in [3.05, 3.63) is 212 Å². The van der Waals surface area contributed by atoms with E-state index in [2.05, 4.69) is 217 Å². The molecule has 1 nitrogen and oxygen atoms in total. The van der Waals surface area contributed by atoms with E-state index in [-0.39, 0.29) is 0 Å². The van der Waals surface area contributed by atoms with Gasteiger partial charge in [-0.1, -0.05) is 176 Å². The molecule has 53 heavy (non-hydrogen) atoms. The Morgan fingerprint density at radius 2 is 0.774 bits per heavy atom. The van der Waals surface area contributed by atoms with Gasteiger partial charge in [0.2, 0.25) is 0 Å². The first-order chi connectivity index (χ1) is 26.3. The van der Waals surface area contributed by atoms with E-state index in [0.717, 1.165) is 17.1 Å². The summed E-state index contributed by atoms with van der Waals surface area (Å²) in [5, 5.41) is 10.2. The lowest BCUT2D eigenvalue weighted by Crippen LogP contribution is -2.11. The number of rotatable bonds is 6. The average Bonchev–Trinajstić information content (AvgIpc) is 3.24. The van der Waals surface area contributed by atoms with Crippen LogP contribution in [-0.2, 0) is 0 Å². The highest BCUT2D eigenvalue weighted by molar-refractivity contribution is 6.19. The number of hydrogen-bond acceptors (Lipinski definition) is 1. The van der Waals surface area contributed by atoms with Gasteiger partial charge in [-0.3, -0.25) is 0 Å². The number of para-hydroxylation sites is 2. The lowest BCUT2D eigenvalue weighted by molar-refractivity contribution is 1.28. The summed E-state index contributed by atoms with van der Waals surface area (Å²) in [4.78, 5) is 2.37. The highest BCUT2D eigenvalue weighted by Crippen LogP contribution is 2.43. The largest absolute Gasteiger partial charge is 0.310 e. The lowest BCUT2D eigenvalue weighted by atomic mass is 9.89. The second kappa shape index (κ2) is 13.0. The Morgan fingerprint density at radius 3 is 1.62 bits per heavy atom. The van der Waals surface area contributed by atoms with Crippen molar-refractivity contribution in [3.63, 3.8) is 0 Å². The van der Waals surface area contributed by atoms with Crippen molar-refractivity contribution < 1.29 is 0 Å². The normalized spacial score (nSPS) is 11.4. The van der Waals surface area contributed by atoms with Crippen LogP contribution in [0, 0.1) is 0 Å². The van der Waals surface area contributed by atoms with E-state index >= 15 is 0 Å². The predicted octanol–water partition coefficient (Wildman–Crippen LogP) is 14.8. The zero-order chi connectivity index (χ0) is 35.1. The molecule has 0 bridgehead atoms. The summed E-state index contributed by atoms with van der Waals surface area (Å²) in [6.45, 7) is 0. The fourth-order valence-electron chi connectivity index (χ4n) is 8.12. The molecule has 0 saturated carbocycles. The molecule has 0 atom stereocenters. The fraction of sp³-hybridized carbons (Fsp3) is 0. The second-order valence-corrected chi connectivity index (χ2v) is 13.7. The molecule has 0 N–H and O–H groups in total. The monoisotopic (exact) mass is 673 g/mol. The fourth-order valence-corrected chi connectivity index (χ4v) is 8.12. The zero-order valence-corrected chi connectivity index (χ0v) is 29.2. The number of nitrogens with zero attached hydrogens (tertiary/aromatic N) is 1. The van der Waals surface area contributed by atoms with E-state index in [1.807, 2.05) is 0 Å². The van der Waals surface area contributed by atoms with Gasteiger partial charge < -0.3 is 4.90 Å². The highest BCUT2D eigenvalue weighted by Gasteiger charge is 2.18. The van der Waals surface area contributed by atoms with Crippen molar-refractivity contribution in [2.75, 3.05) is 4.90 Å². The van der Waals surface area contributed by atoms with Crippen LogP contribution in [0.4, 0.5) is 17.1 Å². The van der Waals surface area contributed by atoms with Crippen molar-refractivity contribution in [3.8, 4) is 33.4 Å². The van der Waals surface area contributed by atoms with Crippen LogP contribution < -0.4 is 4.90 Å². The maximum Gasteiger partial charge on any atom is 0.0540 e. The van der Waals surface area contributed by atoms with E-state index in [0.29, 0.717) is 0 Å². The molecule has 0 amide bonds. The summed E-state index contributed by atoms with van der Waals surface area (Å²) in [6, 6.07) is 77.2. The van der Waals surface area contributed by atoms with E-state index < -0.39 is 0 Å². The summed E-state index contributed by atoms with van der Waals surface area (Å²) in [5.74, 6) is 0. The molecule has 0 aliphatic heterocycles. The minimum Gasteiger partial charge on any atom is -0.310 e. The van der Waals surface area contributed by atoms with E-state index in [1.54, 1.807) is 0 Å². The average molecular weight is 674 g/mol. The standard InChI is InChI=1S/C52H35N/c1-2-16-41(17-3-1)53(52-24-11-10-20-45(52)40-26-25-36-13-4-5-15-39(36)35-40)42-30-27-38(28-31-42)44-19-8-9-21-46(44)47-22-12-23-48-50-32-29-37-14-6-7-18-43(37)49(50)33-34-51(47)48/h1-35H. The molecule has 10 rings (SSSR count). The highest BCUT2D eigenvalue weighted by atomic mass is 15.1. The van der Waals surface area contributed by atoms with Crippen LogP contribution in [0.25, 0.3) is 76.5 Å². The van der Waals surface area contributed by atoms with Crippen molar-refractivity contribution >= 4 is 60.2 Å². The molecule has 10 aromatic carbocycles. The maximum absolute atomic E-state index is 2.37. The van der Waals surface area contributed by atoms with Gasteiger partial charge in [0, 0.05) is 16.9 Å². The van der Waals surface area contributed by atoms with Crippen LogP contribution in [0.15, 0.2) is 212 Å². The molecule has 0 aromatic heterocycles. The third-order valence-corrected chi connectivity index (χ3v) is 10.7. The number of anilines is 3. The van der Waals surface area contributed by atoms with Crippen LogP contribution >= 0.6 is 0 Å². The Morgan fingerprint density at radius 1 is 0.245 bits per heavy atom. The van der Waals surface area contributed by atoms with Gasteiger partial charge in [0.25, 0.3) is 0 Å². The second-order valence-electron chi connectivity index (χ2n) is 13.7. The summed E-state index contributed by atoms with van der Waals surface area (Å²) >= 11 is 0. The Balaban J connectivity index is 1.08. The van der Waals surface area contributed by atoms with Gasteiger partial charge in [0.15, 0.2) is 0 Å². The maximum atomic E-state index is 2.37. The molecule has 0 spiro atoms. The van der Waals surface area contributed by atoms with Crippen LogP contribution in [0.5, 0.6) is 0 Å². The molecule has 0 fully saturated rings. The van der Waals surface area contributed by atoms with E-state index in [4.69, 9.17) is 0 Å². The van der Waals surface area contributed by atoms with E-state index in [1.165, 1.54) is 76.5 Å². The molecule has 0 aliphatic rings. The lowest BCUT2D eigenvalue weighted by Gasteiger charge is -2.28. The third-order valence-electron chi connectivity index (χ3n) is 10.7. The SMILES string of the molecule is c1ccc(N(c2ccc(-c3ccccc3-c3cccc4c3ccc3c5ccccc5ccc43)cc2)c2ccccc2-c2ccc3ccccc3c2)cc1. The molecule has 0 unspecified atom stereocenters. The first-order valence-electron chi connectivity index (χ1n) is 18.3. The van der Waals surface area contributed by atoms with Gasteiger partial charge in [0.1, 0.15) is 0 Å². The Hall–Kier alpha value is -6.96. The summed E-state index contributed by atoms with van der Waals surface area (Å²) in [7, 11) is 0. The third kappa shape index (κ3) is 5.42. The van der Waals surface area contributed by atoms with Gasteiger partial charge in [-0.05, 0) is 107 Å². The van der Waals surface area contributed by atoms with Gasteiger partial charge in [-0.2, -0.15) is 0 Å². The predicted molar refractivity (Wildman–Crippen MR) is 227 cm³/mol. The Bertz CT molecular complexity index is 2940. The quantitative estimate of drug-likeness (QED) is 0.159. The summed E-state index contributed by atoms with van der Waals surface area (Å²) in [5.41, 5.74) is 10.6. The smallest absolute Gasteiger partial charge is 0.0540 e. The first-order valence-corrected chi connectivity index (χ1v) is 18.3. The molecular weight excluding hydrogens is 639 g/mol. The molecule has 0 aliphatic carbocycles. The minimum atomic E-state index is 1.11. The number of hydrogen-bond donors (Lipinski definition) is 0. The minimum absolute atomic E-state index is 1.11. The van der Waals surface area contributed by atoms with Crippen LogP contribution in [0.3, 0.4) is 0 Å². The topological polar surface area (TPSA) is 3.24 Å². The molecule has 0 radical (unpaired) electrons. The molecule has 0 heterocycles. The molecule has 248 valence electrons. The van der Waals surface area contributed by atoms with Gasteiger partial charge in [-0.15, -0.1) is 0 Å². The molecule has 0 saturated heterocycles. The number of benzene rings is 10. The van der Waals surface area contributed by atoms with E-state index in [9.17, 15) is 0 Å². The number of fused-ring (bicyclic) bond motifs is 6. The molecule has 1 heteroatoms. The van der Waals surface area contributed by atoms with Crippen molar-refractivity contribution in [2.45, 2.75) is 0 Å². The zero-order valence-electron chi connectivity index (χ0n) is 29.2. The summed E-state index contributed by atoms with van der Waals surface area (Å²) in [6.07, 6.45) is 0. The van der Waals surface area contributed by atoms with Crippen LogP contribution in [-0.4, -0.2) is 0 Å². The van der Waals surface area contributed by atoms with Crippen molar-refractivity contribution in [2.24, 2.45) is 0 Å². The van der Waals surface area contributed by atoms with Crippen LogP contribution in [0.1, 0.15) is 0 Å². The van der Waals surface area contributed by atoms with Gasteiger partial charge >= 0.3 is 0 Å².